The van der Waals surface area contributed by atoms with Crippen molar-refractivity contribution in [2.75, 3.05) is 11.9 Å². The van der Waals surface area contributed by atoms with Crippen LogP contribution >= 0.6 is 0 Å². The number of primary amides is 1. The number of rotatable bonds is 10. The quantitative estimate of drug-likeness (QED) is 0.600. The van der Waals surface area contributed by atoms with Gasteiger partial charge in [0, 0.05) is 5.69 Å². The molecule has 0 spiro atoms. The van der Waals surface area contributed by atoms with E-state index in [9.17, 15) is 9.59 Å². The molecule has 2 unspecified atom stereocenters. The molecule has 0 aliphatic rings. The van der Waals surface area contributed by atoms with Crippen molar-refractivity contribution in [1.82, 2.24) is 5.32 Å². The van der Waals surface area contributed by atoms with Gasteiger partial charge in [-0.15, -0.1) is 0 Å². The number of nitrogens with one attached hydrogen (secondary N) is 2. The van der Waals surface area contributed by atoms with Gasteiger partial charge in [-0.1, -0.05) is 43.7 Å². The van der Waals surface area contributed by atoms with Crippen LogP contribution in [0.15, 0.2) is 54.6 Å². The highest BCUT2D eigenvalue weighted by molar-refractivity contribution is 5.84. The largest absolute Gasteiger partial charge is 0.484 e. The summed E-state index contributed by atoms with van der Waals surface area (Å²) in [4.78, 5) is 23.3. The maximum Gasteiger partial charge on any atom is 0.255 e. The number of hydrogen-bond donors (Lipinski definition) is 3. The van der Waals surface area contributed by atoms with Gasteiger partial charge < -0.3 is 21.1 Å². The van der Waals surface area contributed by atoms with Crippen LogP contribution < -0.4 is 21.1 Å². The van der Waals surface area contributed by atoms with E-state index in [1.54, 1.807) is 24.3 Å². The fraction of sp³-hybridized carbons (Fsp3) is 0.333. The molecule has 0 bridgehead atoms. The summed E-state index contributed by atoms with van der Waals surface area (Å²) in [7, 11) is 0. The Morgan fingerprint density at radius 2 is 1.74 bits per heavy atom. The van der Waals surface area contributed by atoms with E-state index in [-0.39, 0.29) is 18.6 Å². The molecule has 0 aliphatic heterocycles. The summed E-state index contributed by atoms with van der Waals surface area (Å²) < 4.78 is 5.22. The van der Waals surface area contributed by atoms with E-state index >= 15 is 0 Å². The van der Waals surface area contributed by atoms with E-state index in [1.807, 2.05) is 37.3 Å². The summed E-state index contributed by atoms with van der Waals surface area (Å²) in [6, 6.07) is 16.6. The highest BCUT2D eigenvalue weighted by Gasteiger charge is 2.18. The predicted octanol–water partition coefficient (Wildman–Crippen LogP) is 3.01. The van der Waals surface area contributed by atoms with Gasteiger partial charge in [0.2, 0.25) is 5.91 Å². The number of amides is 2. The van der Waals surface area contributed by atoms with Crippen molar-refractivity contribution in [1.29, 1.82) is 0 Å². The van der Waals surface area contributed by atoms with Crippen molar-refractivity contribution >= 4 is 17.5 Å². The normalized spacial score (nSPS) is 12.7. The van der Waals surface area contributed by atoms with Gasteiger partial charge in [-0.2, -0.15) is 0 Å². The zero-order chi connectivity index (χ0) is 19.6. The molecule has 0 aliphatic carbocycles. The van der Waals surface area contributed by atoms with Crippen LogP contribution in [0.5, 0.6) is 5.75 Å². The number of carbonyl (C=O) groups excluding carboxylic acids is 2. The Bertz CT molecular complexity index is 732. The lowest BCUT2D eigenvalue weighted by molar-refractivity contribution is -0.122. The molecule has 2 rings (SSSR count). The first-order valence-electron chi connectivity index (χ1n) is 9.12. The van der Waals surface area contributed by atoms with Gasteiger partial charge in [0.25, 0.3) is 5.91 Å². The molecule has 6 heteroatoms. The van der Waals surface area contributed by atoms with E-state index in [0.717, 1.165) is 24.1 Å². The smallest absolute Gasteiger partial charge is 0.255 e. The minimum Gasteiger partial charge on any atom is -0.484 e. The zero-order valence-electron chi connectivity index (χ0n) is 15.8. The highest BCUT2D eigenvalue weighted by atomic mass is 16.5. The summed E-state index contributed by atoms with van der Waals surface area (Å²) in [5.41, 5.74) is 6.95. The zero-order valence-corrected chi connectivity index (χ0v) is 15.8. The van der Waals surface area contributed by atoms with Gasteiger partial charge in [0.15, 0.2) is 6.61 Å². The van der Waals surface area contributed by atoms with Gasteiger partial charge in [-0.05, 0) is 43.2 Å². The standard InChI is InChI=1S/C21H27N3O3/c1-3-7-19(16-8-5-4-6-9-16)24-21(26)15(2)23-17-10-12-18(13-11-17)27-14-20(22)25/h4-6,8-13,15,19,23H,3,7,14H2,1-2H3,(H2,22,25)(H,24,26). The molecule has 0 aromatic heterocycles. The van der Waals surface area contributed by atoms with E-state index in [4.69, 9.17) is 10.5 Å². The highest BCUT2D eigenvalue weighted by Crippen LogP contribution is 2.19. The van der Waals surface area contributed by atoms with E-state index < -0.39 is 11.9 Å². The second-order valence-electron chi connectivity index (χ2n) is 6.41. The van der Waals surface area contributed by atoms with Gasteiger partial charge in [-0.3, -0.25) is 9.59 Å². The lowest BCUT2D eigenvalue weighted by Gasteiger charge is -2.22. The van der Waals surface area contributed by atoms with Crippen molar-refractivity contribution in [2.24, 2.45) is 5.73 Å². The maximum absolute atomic E-state index is 12.6. The summed E-state index contributed by atoms with van der Waals surface area (Å²) in [5, 5.41) is 6.29. The van der Waals surface area contributed by atoms with Gasteiger partial charge in [-0.25, -0.2) is 0 Å². The third-order valence-electron chi connectivity index (χ3n) is 4.11. The molecule has 144 valence electrons. The first kappa shape index (κ1) is 20.3. The molecule has 2 amide bonds. The topological polar surface area (TPSA) is 93.4 Å². The molecule has 0 fully saturated rings. The van der Waals surface area contributed by atoms with Gasteiger partial charge in [0.1, 0.15) is 11.8 Å². The average molecular weight is 369 g/mol. The third kappa shape index (κ3) is 6.66. The third-order valence-corrected chi connectivity index (χ3v) is 4.11. The minimum absolute atomic E-state index is 0.00229. The second kappa shape index (κ2) is 10.2. The number of benzene rings is 2. The monoisotopic (exact) mass is 369 g/mol. The van der Waals surface area contributed by atoms with Crippen LogP contribution in [-0.2, 0) is 9.59 Å². The molecular formula is C21H27N3O3. The molecular weight excluding hydrogens is 342 g/mol. The van der Waals surface area contributed by atoms with Crippen LogP contribution in [0.1, 0.15) is 38.3 Å². The molecule has 0 radical (unpaired) electrons. The summed E-state index contributed by atoms with van der Waals surface area (Å²) in [6.45, 7) is 3.76. The Hall–Kier alpha value is -3.02. The van der Waals surface area contributed by atoms with E-state index in [1.165, 1.54) is 0 Å². The average Bonchev–Trinajstić information content (AvgIpc) is 2.67. The van der Waals surface area contributed by atoms with Crippen molar-refractivity contribution in [3.63, 3.8) is 0 Å². The van der Waals surface area contributed by atoms with Crippen molar-refractivity contribution in [3.8, 4) is 5.75 Å². The van der Waals surface area contributed by atoms with Crippen LogP contribution in [0.2, 0.25) is 0 Å². The molecule has 2 aromatic rings. The number of hydrogen-bond acceptors (Lipinski definition) is 4. The van der Waals surface area contributed by atoms with E-state index in [0.29, 0.717) is 5.75 Å². The molecule has 4 N–H and O–H groups in total. The molecule has 2 atom stereocenters. The van der Waals surface area contributed by atoms with Crippen molar-refractivity contribution in [2.45, 2.75) is 38.8 Å². The molecule has 2 aromatic carbocycles. The van der Waals surface area contributed by atoms with Crippen molar-refractivity contribution < 1.29 is 14.3 Å². The number of nitrogens with two attached hydrogens (primary N) is 1. The Morgan fingerprint density at radius 3 is 2.33 bits per heavy atom. The second-order valence-corrected chi connectivity index (χ2v) is 6.41. The minimum atomic E-state index is -0.525. The Balaban J connectivity index is 1.93. The fourth-order valence-corrected chi connectivity index (χ4v) is 2.71. The van der Waals surface area contributed by atoms with E-state index in [2.05, 4.69) is 17.6 Å². The molecule has 6 nitrogen and oxygen atoms in total. The number of anilines is 1. The van der Waals surface area contributed by atoms with Gasteiger partial charge >= 0.3 is 0 Å². The maximum atomic E-state index is 12.6. The summed E-state index contributed by atoms with van der Waals surface area (Å²) in [6.07, 6.45) is 1.86. The Morgan fingerprint density at radius 1 is 1.07 bits per heavy atom. The molecule has 27 heavy (non-hydrogen) atoms. The number of carbonyl (C=O) groups is 2. The lowest BCUT2D eigenvalue weighted by atomic mass is 10.0. The SMILES string of the molecule is CCCC(NC(=O)C(C)Nc1ccc(OCC(N)=O)cc1)c1ccccc1. The van der Waals surface area contributed by atoms with Crippen LogP contribution in [0, 0.1) is 0 Å². The van der Waals surface area contributed by atoms with Gasteiger partial charge in [0.05, 0.1) is 6.04 Å². The first-order valence-corrected chi connectivity index (χ1v) is 9.12. The summed E-state index contributed by atoms with van der Waals surface area (Å²) in [5.74, 6) is -0.0440. The fourth-order valence-electron chi connectivity index (χ4n) is 2.71. The van der Waals surface area contributed by atoms with Crippen LogP contribution in [0.3, 0.4) is 0 Å². The number of ether oxygens (including phenoxy) is 1. The molecule has 0 saturated heterocycles. The Kier molecular flexibility index (Phi) is 7.67. The predicted molar refractivity (Wildman–Crippen MR) is 106 cm³/mol. The summed E-state index contributed by atoms with van der Waals surface area (Å²) >= 11 is 0. The Labute approximate surface area is 160 Å². The first-order chi connectivity index (χ1) is 13.0. The van der Waals surface area contributed by atoms with Crippen LogP contribution in [0.25, 0.3) is 0 Å². The molecule has 0 saturated carbocycles. The van der Waals surface area contributed by atoms with Crippen LogP contribution in [0.4, 0.5) is 5.69 Å². The molecule has 0 heterocycles. The lowest BCUT2D eigenvalue weighted by Crippen LogP contribution is -2.39. The van der Waals surface area contributed by atoms with Crippen LogP contribution in [-0.4, -0.2) is 24.5 Å². The van der Waals surface area contributed by atoms with Crippen molar-refractivity contribution in [3.05, 3.63) is 60.2 Å².